The Kier molecular flexibility index (Phi) is 6.09. The highest BCUT2D eigenvalue weighted by Gasteiger charge is 2.47. The number of carbonyl (C=O) groups is 2. The lowest BCUT2D eigenvalue weighted by molar-refractivity contribution is -0.119. The molecule has 0 N–H and O–H groups in total. The maximum absolute atomic E-state index is 13.2. The van der Waals surface area contributed by atoms with E-state index in [4.69, 9.17) is 0 Å². The van der Waals surface area contributed by atoms with Gasteiger partial charge < -0.3 is 4.90 Å². The largest absolute Gasteiger partial charge is 0.501 e. The molecule has 0 bridgehead atoms. The van der Waals surface area contributed by atoms with Gasteiger partial charge >= 0.3 is 11.5 Å². The Morgan fingerprint density at radius 2 is 1.60 bits per heavy atom. The first-order valence-electron chi connectivity index (χ1n) is 10.2. The predicted molar refractivity (Wildman–Crippen MR) is 117 cm³/mol. The lowest BCUT2D eigenvalue weighted by Gasteiger charge is -2.20. The molecule has 2 aromatic carbocycles. The first-order valence-corrected chi connectivity index (χ1v) is 11.7. The Morgan fingerprint density at radius 1 is 0.971 bits per heavy atom. The van der Waals surface area contributed by atoms with E-state index in [1.807, 2.05) is 0 Å². The van der Waals surface area contributed by atoms with E-state index in [1.165, 1.54) is 30.2 Å². The van der Waals surface area contributed by atoms with E-state index in [1.54, 1.807) is 24.3 Å². The summed E-state index contributed by atoms with van der Waals surface area (Å²) in [6.45, 7) is 1.53. The van der Waals surface area contributed by atoms with Crippen molar-refractivity contribution in [3.63, 3.8) is 0 Å². The zero-order valence-corrected chi connectivity index (χ0v) is 18.8. The third kappa shape index (κ3) is 4.48. The van der Waals surface area contributed by atoms with Crippen LogP contribution in [0.5, 0.6) is 0 Å². The molecule has 12 heteroatoms. The molecule has 1 saturated heterocycles. The third-order valence-corrected chi connectivity index (χ3v) is 7.01. The summed E-state index contributed by atoms with van der Waals surface area (Å²) >= 11 is 0. The molecule has 1 fully saturated rings. The number of rotatable bonds is 5. The molecule has 1 atom stereocenters. The molecule has 1 unspecified atom stereocenters. The van der Waals surface area contributed by atoms with Gasteiger partial charge in [-0.05, 0) is 73.2 Å². The van der Waals surface area contributed by atoms with E-state index in [0.29, 0.717) is 29.0 Å². The van der Waals surface area contributed by atoms with Crippen molar-refractivity contribution < 1.29 is 35.6 Å². The minimum atomic E-state index is -5.56. The number of halogens is 4. The number of aromatic nitrogens is 1. The maximum atomic E-state index is 13.2. The van der Waals surface area contributed by atoms with Gasteiger partial charge in [-0.3, -0.25) is 9.78 Å². The van der Waals surface area contributed by atoms with Crippen molar-refractivity contribution >= 4 is 27.5 Å². The summed E-state index contributed by atoms with van der Waals surface area (Å²) in [6, 6.07) is 10.8. The molecule has 35 heavy (non-hydrogen) atoms. The zero-order chi connectivity index (χ0) is 25.5. The average molecular weight is 507 g/mol. The van der Waals surface area contributed by atoms with E-state index < -0.39 is 44.0 Å². The Bertz CT molecular complexity index is 1390. The number of carbonyl (C=O) groups excluding carboxylic acids is 2. The van der Waals surface area contributed by atoms with E-state index in [-0.39, 0.29) is 12.2 Å². The fourth-order valence-electron chi connectivity index (χ4n) is 3.61. The fourth-order valence-corrected chi connectivity index (χ4v) is 4.37. The van der Waals surface area contributed by atoms with Crippen LogP contribution < -0.4 is 4.90 Å². The number of benzene rings is 2. The van der Waals surface area contributed by atoms with Crippen molar-refractivity contribution in [2.24, 2.45) is 0 Å². The molecule has 1 aliphatic heterocycles. The van der Waals surface area contributed by atoms with Crippen LogP contribution in [0.2, 0.25) is 0 Å². The number of imide groups is 1. The second-order valence-electron chi connectivity index (χ2n) is 7.76. The van der Waals surface area contributed by atoms with Gasteiger partial charge in [0.25, 0.3) is 15.7 Å². The molecule has 2 heterocycles. The summed E-state index contributed by atoms with van der Waals surface area (Å²) in [5, 5.41) is 0. The Morgan fingerprint density at radius 3 is 2.20 bits per heavy atom. The van der Waals surface area contributed by atoms with Crippen LogP contribution >= 0.6 is 0 Å². The molecule has 1 aromatic heterocycles. The van der Waals surface area contributed by atoms with Crippen molar-refractivity contribution in [2.75, 3.05) is 4.90 Å². The summed E-state index contributed by atoms with van der Waals surface area (Å²) in [4.78, 5) is 31.1. The maximum Gasteiger partial charge on any atom is 0.501 e. The van der Waals surface area contributed by atoms with Gasteiger partial charge in [-0.1, -0.05) is 0 Å². The highest BCUT2D eigenvalue weighted by Crippen LogP contribution is 2.33. The number of alkyl halides is 3. The molecule has 0 saturated carbocycles. The predicted octanol–water partition coefficient (Wildman–Crippen LogP) is 4.54. The summed E-state index contributed by atoms with van der Waals surface area (Å²) in [7, 11) is -5.56. The molecule has 1 aliphatic rings. The highest BCUT2D eigenvalue weighted by molar-refractivity contribution is 7.92. The molecular formula is C23H17F4N3O4S. The van der Waals surface area contributed by atoms with Gasteiger partial charge in [0.2, 0.25) is 0 Å². The summed E-state index contributed by atoms with van der Waals surface area (Å²) in [6.07, 6.45) is 1.51. The van der Waals surface area contributed by atoms with E-state index >= 15 is 0 Å². The topological polar surface area (TPSA) is 87.7 Å². The van der Waals surface area contributed by atoms with Crippen LogP contribution in [0.15, 0.2) is 71.8 Å². The lowest BCUT2D eigenvalue weighted by atomic mass is 10.1. The lowest BCUT2D eigenvalue weighted by Crippen LogP contribution is -2.33. The van der Waals surface area contributed by atoms with Crippen LogP contribution in [0, 0.1) is 5.82 Å². The third-order valence-electron chi connectivity index (χ3n) is 5.51. The van der Waals surface area contributed by atoms with E-state index in [0.717, 1.165) is 17.0 Å². The number of amides is 3. The van der Waals surface area contributed by atoms with Crippen LogP contribution in [0.3, 0.4) is 0 Å². The molecule has 3 aromatic rings. The molecule has 7 nitrogen and oxygen atoms in total. The molecular weight excluding hydrogens is 490 g/mol. The quantitative estimate of drug-likeness (QED) is 0.374. The minimum Gasteiger partial charge on any atom is -0.308 e. The second kappa shape index (κ2) is 8.77. The van der Waals surface area contributed by atoms with Crippen LogP contribution in [-0.2, 0) is 21.2 Å². The van der Waals surface area contributed by atoms with Gasteiger partial charge in [0.15, 0.2) is 0 Å². The first kappa shape index (κ1) is 24.3. The number of hydrogen-bond acceptors (Lipinski definition) is 5. The molecule has 182 valence electrons. The van der Waals surface area contributed by atoms with Gasteiger partial charge in [0, 0.05) is 18.3 Å². The van der Waals surface area contributed by atoms with Gasteiger partial charge in [0.05, 0.1) is 16.3 Å². The fraction of sp³-hybridized carbons (Fsp3) is 0.174. The van der Waals surface area contributed by atoms with Gasteiger partial charge in [-0.15, -0.1) is 0 Å². The number of nitrogens with zero attached hydrogens (tertiary/aromatic N) is 3. The molecule has 4 rings (SSSR count). The van der Waals surface area contributed by atoms with Crippen molar-refractivity contribution in [3.05, 3.63) is 78.2 Å². The Balaban J connectivity index is 1.57. The van der Waals surface area contributed by atoms with Gasteiger partial charge in [0.1, 0.15) is 11.9 Å². The monoisotopic (exact) mass is 507 g/mol. The Labute approximate surface area is 197 Å². The zero-order valence-electron chi connectivity index (χ0n) is 18.0. The Hall–Kier alpha value is -3.80. The number of sulfone groups is 1. The number of pyridine rings is 1. The minimum absolute atomic E-state index is 0.0273. The first-order chi connectivity index (χ1) is 16.4. The van der Waals surface area contributed by atoms with Crippen LogP contribution in [-0.4, -0.2) is 41.8 Å². The van der Waals surface area contributed by atoms with Crippen LogP contribution in [0.25, 0.3) is 11.3 Å². The number of urea groups is 1. The smallest absolute Gasteiger partial charge is 0.308 e. The van der Waals surface area contributed by atoms with Crippen molar-refractivity contribution in [1.29, 1.82) is 0 Å². The van der Waals surface area contributed by atoms with Crippen molar-refractivity contribution in [3.8, 4) is 11.3 Å². The number of hydrogen-bond donors (Lipinski definition) is 0. The summed E-state index contributed by atoms with van der Waals surface area (Å²) in [5.74, 6) is -1.02. The van der Waals surface area contributed by atoms with Gasteiger partial charge in [-0.2, -0.15) is 13.2 Å². The van der Waals surface area contributed by atoms with Crippen LogP contribution in [0.1, 0.15) is 12.5 Å². The molecule has 3 amide bonds. The van der Waals surface area contributed by atoms with Crippen molar-refractivity contribution in [2.45, 2.75) is 29.9 Å². The number of anilines is 1. The highest BCUT2D eigenvalue weighted by atomic mass is 32.2. The van der Waals surface area contributed by atoms with Gasteiger partial charge in [-0.25, -0.2) is 22.5 Å². The van der Waals surface area contributed by atoms with Crippen LogP contribution in [0.4, 0.5) is 28.0 Å². The molecule has 0 aliphatic carbocycles. The average Bonchev–Trinajstić information content (AvgIpc) is 3.02. The van der Waals surface area contributed by atoms with Crippen molar-refractivity contribution in [1.82, 2.24) is 9.88 Å². The molecule has 0 spiro atoms. The van der Waals surface area contributed by atoms with E-state index in [9.17, 15) is 35.6 Å². The molecule has 0 radical (unpaired) electrons. The second-order valence-corrected chi connectivity index (χ2v) is 9.70. The summed E-state index contributed by atoms with van der Waals surface area (Å²) in [5.41, 5.74) is -3.71. The normalized spacial score (nSPS) is 16.8. The SMILES string of the molecule is CC1C(=O)N(c2ccc(S(=O)(=O)C(F)(F)F)cc2)C(=O)N1Cc1ccnc(-c2ccc(F)cc2)c1. The van der Waals surface area contributed by atoms with E-state index in [2.05, 4.69) is 4.98 Å². The standard InChI is InChI=1S/C23H17F4N3O4S/c1-14-21(31)30(18-6-8-19(9-7-18)35(33,34)23(25,26)27)22(32)29(14)13-15-10-11-28-20(12-15)16-2-4-17(24)5-3-16/h2-12,14H,13H2,1H3. The summed E-state index contributed by atoms with van der Waals surface area (Å²) < 4.78 is 74.7.